The fourth-order valence-electron chi connectivity index (χ4n) is 3.69. The van der Waals surface area contributed by atoms with Crippen molar-refractivity contribution in [3.8, 4) is 0 Å². The van der Waals surface area contributed by atoms with Crippen molar-refractivity contribution in [3.05, 3.63) is 70.2 Å². The van der Waals surface area contributed by atoms with Crippen molar-refractivity contribution < 1.29 is 18.3 Å². The van der Waals surface area contributed by atoms with Crippen molar-refractivity contribution in [2.45, 2.75) is 43.5 Å². The van der Waals surface area contributed by atoms with Crippen LogP contribution >= 0.6 is 15.9 Å². The van der Waals surface area contributed by atoms with E-state index in [9.17, 15) is 13.5 Å². The number of sulfonamides is 1. The Labute approximate surface area is 186 Å². The van der Waals surface area contributed by atoms with Crippen LogP contribution in [0.3, 0.4) is 0 Å². The number of aliphatic imine (C=N–C) groups is 1. The summed E-state index contributed by atoms with van der Waals surface area (Å²) in [6, 6.07) is 16.9. The molecule has 0 aliphatic carbocycles. The SMILES string of the molecule is CC1(C)OC(=NCC(CCO)c2ccccc2)NS(=O)(=O)C1(C)c1cccc(Br)c1. The van der Waals surface area contributed by atoms with Crippen LogP contribution in [0.2, 0.25) is 0 Å². The third kappa shape index (κ3) is 4.26. The molecule has 1 aliphatic rings. The molecule has 0 radical (unpaired) electrons. The molecular formula is C22H27BrN2O4S. The molecule has 1 heterocycles. The molecule has 2 unspecified atom stereocenters. The molecule has 162 valence electrons. The molecule has 0 amide bonds. The van der Waals surface area contributed by atoms with Crippen molar-refractivity contribution in [2.75, 3.05) is 13.2 Å². The molecule has 1 saturated heterocycles. The minimum atomic E-state index is -3.85. The van der Waals surface area contributed by atoms with Crippen LogP contribution < -0.4 is 4.72 Å². The van der Waals surface area contributed by atoms with Crippen LogP contribution in [0.25, 0.3) is 0 Å². The predicted octanol–water partition coefficient (Wildman–Crippen LogP) is 3.91. The number of hydrogen-bond acceptors (Lipinski definition) is 5. The zero-order valence-corrected chi connectivity index (χ0v) is 19.7. The van der Waals surface area contributed by atoms with Gasteiger partial charge in [0.05, 0.1) is 6.54 Å². The van der Waals surface area contributed by atoms with Gasteiger partial charge in [0.1, 0.15) is 5.60 Å². The first-order valence-electron chi connectivity index (χ1n) is 9.78. The fraction of sp³-hybridized carbons (Fsp3) is 0.409. The van der Waals surface area contributed by atoms with Crippen molar-refractivity contribution in [1.29, 1.82) is 0 Å². The third-order valence-electron chi connectivity index (χ3n) is 5.84. The van der Waals surface area contributed by atoms with Gasteiger partial charge in [-0.25, -0.2) is 18.1 Å². The maximum atomic E-state index is 13.4. The number of rotatable bonds is 6. The second kappa shape index (κ2) is 8.69. The maximum Gasteiger partial charge on any atom is 0.299 e. The highest BCUT2D eigenvalue weighted by Crippen LogP contribution is 2.45. The topological polar surface area (TPSA) is 88.0 Å². The van der Waals surface area contributed by atoms with Crippen LogP contribution in [0.1, 0.15) is 44.2 Å². The van der Waals surface area contributed by atoms with Gasteiger partial charge >= 0.3 is 0 Å². The Morgan fingerprint density at radius 1 is 1.13 bits per heavy atom. The van der Waals surface area contributed by atoms with E-state index in [0.717, 1.165) is 10.0 Å². The average molecular weight is 495 g/mol. The Bertz CT molecular complexity index is 1020. The molecule has 6 nitrogen and oxygen atoms in total. The molecule has 0 spiro atoms. The lowest BCUT2D eigenvalue weighted by atomic mass is 9.85. The van der Waals surface area contributed by atoms with Gasteiger partial charge in [-0.1, -0.05) is 58.4 Å². The maximum absolute atomic E-state index is 13.4. The smallest absolute Gasteiger partial charge is 0.299 e. The number of aliphatic hydroxyl groups excluding tert-OH is 1. The summed E-state index contributed by atoms with van der Waals surface area (Å²) in [5.74, 6) is -0.0432. The normalized spacial score (nSPS) is 24.6. The van der Waals surface area contributed by atoms with E-state index in [1.165, 1.54) is 0 Å². The number of aliphatic hydroxyl groups is 1. The quantitative estimate of drug-likeness (QED) is 0.636. The van der Waals surface area contributed by atoms with Crippen molar-refractivity contribution in [3.63, 3.8) is 0 Å². The van der Waals surface area contributed by atoms with Gasteiger partial charge in [0.2, 0.25) is 10.0 Å². The Balaban J connectivity index is 1.91. The second-order valence-corrected chi connectivity index (χ2v) is 11.0. The first-order chi connectivity index (χ1) is 14.1. The summed E-state index contributed by atoms with van der Waals surface area (Å²) in [5.41, 5.74) is 0.583. The van der Waals surface area contributed by atoms with E-state index in [-0.39, 0.29) is 18.5 Å². The largest absolute Gasteiger partial charge is 0.456 e. The van der Waals surface area contributed by atoms with Gasteiger partial charge in [0.15, 0.2) is 4.75 Å². The van der Waals surface area contributed by atoms with Crippen molar-refractivity contribution >= 4 is 32.0 Å². The van der Waals surface area contributed by atoms with Gasteiger partial charge < -0.3 is 9.84 Å². The summed E-state index contributed by atoms with van der Waals surface area (Å²) in [7, 11) is -3.85. The summed E-state index contributed by atoms with van der Waals surface area (Å²) >= 11 is 3.42. The average Bonchev–Trinajstić information content (AvgIpc) is 2.69. The molecule has 2 atom stereocenters. The lowest BCUT2D eigenvalue weighted by Crippen LogP contribution is -2.63. The first-order valence-corrected chi connectivity index (χ1v) is 12.1. The molecule has 8 heteroatoms. The standard InChI is InChI=1S/C22H27BrN2O4S/c1-21(2)22(3,18-10-7-11-19(23)14-18)30(27,28)25-20(29-21)24-15-17(12-13-26)16-8-5-4-6-9-16/h4-11,14,17,26H,12-13,15H2,1-3H3,(H,24,25). The van der Waals surface area contributed by atoms with Gasteiger partial charge in [-0.15, -0.1) is 0 Å². The third-order valence-corrected chi connectivity index (χ3v) is 8.58. The van der Waals surface area contributed by atoms with E-state index >= 15 is 0 Å². The Kier molecular flexibility index (Phi) is 6.60. The van der Waals surface area contributed by atoms with Crippen LogP contribution in [-0.2, 0) is 19.5 Å². The summed E-state index contributed by atoms with van der Waals surface area (Å²) < 4.78 is 34.8. The van der Waals surface area contributed by atoms with Crippen LogP contribution in [0, 0.1) is 0 Å². The van der Waals surface area contributed by atoms with Gasteiger partial charge in [-0.3, -0.25) is 0 Å². The van der Waals surface area contributed by atoms with Crippen molar-refractivity contribution in [2.24, 2.45) is 4.99 Å². The monoisotopic (exact) mass is 494 g/mol. The lowest BCUT2D eigenvalue weighted by molar-refractivity contribution is 0.0386. The summed E-state index contributed by atoms with van der Waals surface area (Å²) in [4.78, 5) is 4.43. The summed E-state index contributed by atoms with van der Waals surface area (Å²) in [6.45, 7) is 5.48. The number of hydrogen-bond donors (Lipinski definition) is 2. The van der Waals surface area contributed by atoms with E-state index in [1.54, 1.807) is 39.0 Å². The molecule has 3 rings (SSSR count). The molecule has 30 heavy (non-hydrogen) atoms. The number of amidine groups is 1. The predicted molar refractivity (Wildman–Crippen MR) is 122 cm³/mol. The van der Waals surface area contributed by atoms with E-state index in [2.05, 4.69) is 25.6 Å². The number of nitrogens with one attached hydrogen (secondary N) is 1. The molecular weight excluding hydrogens is 468 g/mol. The highest BCUT2D eigenvalue weighted by atomic mass is 79.9. The molecule has 2 N–H and O–H groups in total. The zero-order valence-electron chi connectivity index (χ0n) is 17.3. The highest BCUT2D eigenvalue weighted by Gasteiger charge is 2.59. The van der Waals surface area contributed by atoms with E-state index in [0.29, 0.717) is 18.5 Å². The fourth-order valence-corrected chi connectivity index (χ4v) is 5.76. The number of benzene rings is 2. The first kappa shape index (κ1) is 22.8. The number of halogens is 1. The lowest BCUT2D eigenvalue weighted by Gasteiger charge is -2.47. The minimum Gasteiger partial charge on any atom is -0.456 e. The van der Waals surface area contributed by atoms with Crippen molar-refractivity contribution in [1.82, 2.24) is 4.72 Å². The van der Waals surface area contributed by atoms with Crippen LogP contribution in [-0.4, -0.2) is 38.3 Å². The van der Waals surface area contributed by atoms with Crippen LogP contribution in [0.5, 0.6) is 0 Å². The van der Waals surface area contributed by atoms with Crippen LogP contribution in [0.4, 0.5) is 0 Å². The zero-order chi connectivity index (χ0) is 22.0. The molecule has 0 bridgehead atoms. The van der Waals surface area contributed by atoms with Gasteiger partial charge in [-0.2, -0.15) is 0 Å². The molecule has 2 aromatic rings. The summed E-state index contributed by atoms with van der Waals surface area (Å²) in [6.07, 6.45) is 0.521. The molecule has 0 saturated carbocycles. The Morgan fingerprint density at radius 3 is 2.43 bits per heavy atom. The Hall–Kier alpha value is -1.90. The van der Waals surface area contributed by atoms with Gasteiger partial charge in [0, 0.05) is 17.0 Å². The van der Waals surface area contributed by atoms with Crippen LogP contribution in [0.15, 0.2) is 64.1 Å². The molecule has 0 aromatic heterocycles. The van der Waals surface area contributed by atoms with E-state index < -0.39 is 20.4 Å². The number of ether oxygens (including phenoxy) is 1. The number of nitrogens with zero attached hydrogens (tertiary/aromatic N) is 1. The van der Waals surface area contributed by atoms with Gasteiger partial charge in [0.25, 0.3) is 6.02 Å². The molecule has 1 aliphatic heterocycles. The van der Waals surface area contributed by atoms with Gasteiger partial charge in [-0.05, 0) is 50.5 Å². The van der Waals surface area contributed by atoms with E-state index in [4.69, 9.17) is 4.74 Å². The molecule has 1 fully saturated rings. The minimum absolute atomic E-state index is 0.0173. The summed E-state index contributed by atoms with van der Waals surface area (Å²) in [5, 5.41) is 9.42. The van der Waals surface area contributed by atoms with E-state index in [1.807, 2.05) is 36.4 Å². The second-order valence-electron chi connectivity index (χ2n) is 8.03. The highest BCUT2D eigenvalue weighted by molar-refractivity contribution is 9.10. The Morgan fingerprint density at radius 2 is 1.83 bits per heavy atom. The molecule has 2 aromatic carbocycles.